The van der Waals surface area contributed by atoms with Crippen molar-refractivity contribution in [2.75, 3.05) is 26.1 Å². The molecule has 0 radical (unpaired) electrons. The molecule has 0 atom stereocenters. The van der Waals surface area contributed by atoms with E-state index in [4.69, 9.17) is 18.9 Å². The number of carbonyl (C=O) groups excluding carboxylic acids is 1. The molecule has 13 heteroatoms. The third-order valence-corrected chi connectivity index (χ3v) is 8.67. The van der Waals surface area contributed by atoms with E-state index in [0.29, 0.717) is 46.1 Å². The Labute approximate surface area is 265 Å². The number of fused-ring (bicyclic) bond motifs is 1. The van der Waals surface area contributed by atoms with Crippen LogP contribution in [0.15, 0.2) is 78.0 Å². The van der Waals surface area contributed by atoms with Gasteiger partial charge >= 0.3 is 0 Å². The van der Waals surface area contributed by atoms with E-state index in [2.05, 4.69) is 40.0 Å². The molecule has 3 heterocycles. The predicted octanol–water partition coefficient (Wildman–Crippen LogP) is 6.37. The fourth-order valence-electron chi connectivity index (χ4n) is 4.48. The van der Waals surface area contributed by atoms with Gasteiger partial charge < -0.3 is 24.3 Å². The topological polar surface area (TPSA) is 127 Å². The van der Waals surface area contributed by atoms with Crippen molar-refractivity contribution in [3.63, 3.8) is 0 Å². The van der Waals surface area contributed by atoms with Crippen molar-refractivity contribution < 1.29 is 28.1 Å². The van der Waals surface area contributed by atoms with Gasteiger partial charge in [-0.05, 0) is 48.0 Å². The maximum Gasteiger partial charge on any atom is 0.281 e. The summed E-state index contributed by atoms with van der Waals surface area (Å²) in [6, 6.07) is 14.8. The van der Waals surface area contributed by atoms with Gasteiger partial charge in [0, 0.05) is 44.1 Å². The van der Waals surface area contributed by atoms with E-state index >= 15 is 0 Å². The standard InChI is InChI=1S/C33H34FN5O6Si/c1-42-28-16-24-26(17-29(28)43-2)35-13-12-27(24)45-23-10-11-30(36-18-23)37-33(41)31-32(40)25(21-6-8-22(34)9-7-21)19-39(38-31)20-44-14-15-46(3,4)5/h6-13,16-19H,14-15,20H2,1-5H3,(H,36,37,41). The Kier molecular flexibility index (Phi) is 9.73. The SMILES string of the molecule is COc1cc2nccc(Oc3ccc(NC(=O)c4nn(COCC[Si](C)(C)C)cc(-c5ccc(F)cc5)c4=O)nc3)c2cc1OC. The maximum absolute atomic E-state index is 13.6. The van der Waals surface area contributed by atoms with Gasteiger partial charge in [-0.3, -0.25) is 14.6 Å². The molecule has 238 valence electrons. The van der Waals surface area contributed by atoms with Crippen LogP contribution in [0.3, 0.4) is 0 Å². The van der Waals surface area contributed by atoms with Crippen LogP contribution < -0.4 is 25.0 Å². The summed E-state index contributed by atoms with van der Waals surface area (Å²) in [6.07, 6.45) is 4.55. The number of hydrogen-bond donors (Lipinski definition) is 1. The molecule has 2 aromatic carbocycles. The summed E-state index contributed by atoms with van der Waals surface area (Å²) in [7, 11) is 1.77. The number of benzene rings is 2. The minimum absolute atomic E-state index is 0.0336. The Hall–Kier alpha value is -5.14. The first kappa shape index (κ1) is 32.3. The van der Waals surface area contributed by atoms with Crippen molar-refractivity contribution in [3.8, 4) is 34.1 Å². The van der Waals surface area contributed by atoms with Gasteiger partial charge in [-0.15, -0.1) is 0 Å². The van der Waals surface area contributed by atoms with Gasteiger partial charge in [0.15, 0.2) is 17.2 Å². The van der Waals surface area contributed by atoms with E-state index in [1.54, 1.807) is 50.7 Å². The average molecular weight is 644 g/mol. The van der Waals surface area contributed by atoms with Crippen molar-refractivity contribution in [2.45, 2.75) is 32.4 Å². The number of ether oxygens (including phenoxy) is 4. The van der Waals surface area contributed by atoms with Gasteiger partial charge in [0.2, 0.25) is 5.43 Å². The highest BCUT2D eigenvalue weighted by Gasteiger charge is 2.20. The van der Waals surface area contributed by atoms with Crippen LogP contribution in [-0.4, -0.2) is 54.6 Å². The average Bonchev–Trinajstić information content (AvgIpc) is 3.04. The fraction of sp³-hybridized carbons (Fsp3) is 0.242. The minimum Gasteiger partial charge on any atom is -0.493 e. The highest BCUT2D eigenvalue weighted by atomic mass is 28.3. The van der Waals surface area contributed by atoms with Crippen molar-refractivity contribution in [1.82, 2.24) is 19.7 Å². The van der Waals surface area contributed by atoms with Crippen LogP contribution in [0.4, 0.5) is 10.2 Å². The van der Waals surface area contributed by atoms with Crippen LogP contribution in [0.5, 0.6) is 23.0 Å². The number of methoxy groups -OCH3 is 2. The molecule has 46 heavy (non-hydrogen) atoms. The Bertz CT molecular complexity index is 1910. The molecule has 0 bridgehead atoms. The number of carbonyl (C=O) groups is 1. The summed E-state index contributed by atoms with van der Waals surface area (Å²) in [5.41, 5.74) is 0.307. The monoisotopic (exact) mass is 643 g/mol. The Morgan fingerprint density at radius 1 is 0.957 bits per heavy atom. The third kappa shape index (κ3) is 7.73. The van der Waals surface area contributed by atoms with Crippen LogP contribution >= 0.6 is 0 Å². The summed E-state index contributed by atoms with van der Waals surface area (Å²) in [5, 5.41) is 7.59. The van der Waals surface area contributed by atoms with E-state index in [1.165, 1.54) is 41.3 Å². The number of nitrogens with zero attached hydrogens (tertiary/aromatic N) is 4. The molecule has 0 aliphatic heterocycles. The largest absolute Gasteiger partial charge is 0.493 e. The van der Waals surface area contributed by atoms with E-state index in [0.717, 1.165) is 6.04 Å². The van der Waals surface area contributed by atoms with Crippen LogP contribution in [0, 0.1) is 5.82 Å². The zero-order chi connectivity index (χ0) is 32.8. The summed E-state index contributed by atoms with van der Waals surface area (Å²) < 4.78 is 37.7. The number of anilines is 1. The van der Waals surface area contributed by atoms with Crippen LogP contribution in [0.25, 0.3) is 22.0 Å². The van der Waals surface area contributed by atoms with Crippen LogP contribution in [0.2, 0.25) is 25.7 Å². The van der Waals surface area contributed by atoms with Gasteiger partial charge in [-0.1, -0.05) is 31.8 Å². The smallest absolute Gasteiger partial charge is 0.281 e. The molecule has 0 aliphatic rings. The number of rotatable bonds is 12. The Balaban J connectivity index is 1.36. The lowest BCUT2D eigenvalue weighted by atomic mass is 10.1. The van der Waals surface area contributed by atoms with Gasteiger partial charge in [0.05, 0.1) is 25.9 Å². The molecule has 11 nitrogen and oxygen atoms in total. The zero-order valence-electron chi connectivity index (χ0n) is 26.2. The summed E-state index contributed by atoms with van der Waals surface area (Å²) in [6.45, 7) is 7.28. The molecule has 3 aromatic heterocycles. The molecular weight excluding hydrogens is 609 g/mol. The second kappa shape index (κ2) is 13.9. The quantitative estimate of drug-likeness (QED) is 0.122. The molecule has 5 aromatic rings. The predicted molar refractivity (Wildman–Crippen MR) is 175 cm³/mol. The first-order chi connectivity index (χ1) is 22.0. The van der Waals surface area contributed by atoms with E-state index in [-0.39, 0.29) is 23.8 Å². The first-order valence-corrected chi connectivity index (χ1v) is 18.2. The fourth-order valence-corrected chi connectivity index (χ4v) is 5.23. The van der Waals surface area contributed by atoms with Crippen molar-refractivity contribution in [2.24, 2.45) is 0 Å². The molecule has 0 fully saturated rings. The molecule has 0 spiro atoms. The summed E-state index contributed by atoms with van der Waals surface area (Å²) in [5.74, 6) is 0.954. The number of pyridine rings is 2. The lowest BCUT2D eigenvalue weighted by Crippen LogP contribution is -2.28. The van der Waals surface area contributed by atoms with E-state index < -0.39 is 25.2 Å². The van der Waals surface area contributed by atoms with Crippen molar-refractivity contribution in [1.29, 1.82) is 0 Å². The van der Waals surface area contributed by atoms with Gasteiger partial charge in [0.1, 0.15) is 29.9 Å². The maximum atomic E-state index is 13.6. The summed E-state index contributed by atoms with van der Waals surface area (Å²) >= 11 is 0. The second-order valence-corrected chi connectivity index (χ2v) is 17.2. The highest BCUT2D eigenvalue weighted by molar-refractivity contribution is 6.76. The lowest BCUT2D eigenvalue weighted by Gasteiger charge is -2.16. The van der Waals surface area contributed by atoms with Crippen LogP contribution in [-0.2, 0) is 11.5 Å². The molecule has 0 saturated carbocycles. The molecule has 5 rings (SSSR count). The zero-order valence-corrected chi connectivity index (χ0v) is 27.2. The lowest BCUT2D eigenvalue weighted by molar-refractivity contribution is 0.0764. The normalized spacial score (nSPS) is 11.3. The summed E-state index contributed by atoms with van der Waals surface area (Å²) in [4.78, 5) is 35.4. The Morgan fingerprint density at radius 2 is 1.70 bits per heavy atom. The third-order valence-electron chi connectivity index (χ3n) is 6.97. The Morgan fingerprint density at radius 3 is 2.37 bits per heavy atom. The highest BCUT2D eigenvalue weighted by Crippen LogP contribution is 2.36. The number of halogens is 1. The molecule has 0 unspecified atom stereocenters. The molecule has 0 saturated heterocycles. The molecule has 0 aliphatic carbocycles. The van der Waals surface area contributed by atoms with E-state index in [1.807, 2.05) is 0 Å². The molecular formula is C33H34FN5O6Si. The van der Waals surface area contributed by atoms with Gasteiger partial charge in [-0.2, -0.15) is 5.10 Å². The van der Waals surface area contributed by atoms with Crippen molar-refractivity contribution >= 4 is 30.7 Å². The van der Waals surface area contributed by atoms with E-state index in [9.17, 15) is 14.0 Å². The second-order valence-electron chi connectivity index (χ2n) is 11.6. The molecule has 1 N–H and O–H groups in total. The number of nitrogens with one attached hydrogen (secondary N) is 1. The number of hydrogen-bond acceptors (Lipinski definition) is 9. The first-order valence-electron chi connectivity index (χ1n) is 14.5. The minimum atomic E-state index is -1.32. The van der Waals surface area contributed by atoms with Crippen molar-refractivity contribution in [3.05, 3.63) is 94.9 Å². The van der Waals surface area contributed by atoms with Crippen LogP contribution in [0.1, 0.15) is 10.5 Å². The number of amides is 1. The number of aromatic nitrogens is 4. The molecule has 1 amide bonds. The van der Waals surface area contributed by atoms with Gasteiger partial charge in [-0.25, -0.2) is 14.1 Å². The van der Waals surface area contributed by atoms with Gasteiger partial charge in [0.25, 0.3) is 5.91 Å².